The van der Waals surface area contributed by atoms with Crippen molar-refractivity contribution in [1.29, 1.82) is 5.26 Å². The van der Waals surface area contributed by atoms with Crippen molar-refractivity contribution in [2.45, 2.75) is 35.2 Å². The highest BCUT2D eigenvalue weighted by atomic mass is 32.2. The van der Waals surface area contributed by atoms with Gasteiger partial charge in [0.05, 0.1) is 28.7 Å². The summed E-state index contributed by atoms with van der Waals surface area (Å²) in [6.07, 6.45) is -3.97. The molecule has 0 radical (unpaired) electrons. The van der Waals surface area contributed by atoms with Gasteiger partial charge in [-0.05, 0) is 61.9 Å². The molecule has 1 aromatic heterocycles. The number of anilines is 1. The van der Waals surface area contributed by atoms with Crippen LogP contribution in [-0.2, 0) is 26.0 Å². The number of urea groups is 1. The summed E-state index contributed by atoms with van der Waals surface area (Å²) >= 11 is 0.812. The van der Waals surface area contributed by atoms with Crippen LogP contribution in [-0.4, -0.2) is 33.4 Å². The molecule has 0 saturated heterocycles. The smallest absolute Gasteiger partial charge is 0.277 e. The summed E-state index contributed by atoms with van der Waals surface area (Å²) in [4.78, 5) is 18.3. The molecule has 2 heterocycles. The summed E-state index contributed by atoms with van der Waals surface area (Å²) in [5.41, 5.74) is -2.44. The number of hydrogen-bond donors (Lipinski definition) is 0. The predicted molar refractivity (Wildman–Crippen MR) is 144 cm³/mol. The Labute approximate surface area is 238 Å². The third-order valence-corrected chi connectivity index (χ3v) is 10.6. The van der Waals surface area contributed by atoms with E-state index in [2.05, 4.69) is 4.85 Å². The van der Waals surface area contributed by atoms with Crippen LogP contribution in [0.1, 0.15) is 34.5 Å². The molecule has 0 aliphatic carbocycles. The van der Waals surface area contributed by atoms with Crippen LogP contribution in [0.5, 0.6) is 0 Å². The number of nitrogens with zero attached hydrogens (tertiary/aromatic N) is 4. The Hall–Kier alpha value is -4.18. The van der Waals surface area contributed by atoms with Gasteiger partial charge in [-0.1, -0.05) is 12.1 Å². The summed E-state index contributed by atoms with van der Waals surface area (Å²) < 4.78 is 94.2. The maximum absolute atomic E-state index is 14.1. The van der Waals surface area contributed by atoms with E-state index in [4.69, 9.17) is 6.57 Å². The molecule has 1 aliphatic heterocycles. The van der Waals surface area contributed by atoms with Crippen molar-refractivity contribution in [1.82, 2.24) is 4.31 Å². The van der Waals surface area contributed by atoms with Crippen molar-refractivity contribution in [2.24, 2.45) is 0 Å². The van der Waals surface area contributed by atoms with Crippen molar-refractivity contribution >= 4 is 42.9 Å². The minimum atomic E-state index is -4.81. The molecule has 0 saturated carbocycles. The Morgan fingerprint density at radius 3 is 2.27 bits per heavy atom. The number of hydrogen-bond acceptors (Lipinski definition) is 7. The number of sulfone groups is 1. The molecule has 1 aliphatic rings. The quantitative estimate of drug-likeness (QED) is 0.329. The lowest BCUT2D eigenvalue weighted by molar-refractivity contribution is -0.137. The lowest BCUT2D eigenvalue weighted by Gasteiger charge is -2.41. The number of amides is 2. The Morgan fingerprint density at radius 1 is 1.05 bits per heavy atom. The highest BCUT2D eigenvalue weighted by Crippen LogP contribution is 2.46. The average molecular weight is 621 g/mol. The number of nitriles is 1. The van der Waals surface area contributed by atoms with E-state index < -0.39 is 54.3 Å². The summed E-state index contributed by atoms with van der Waals surface area (Å²) in [7, 11) is -8.95. The SMILES string of the molecule is [C-]#[N+]C1=C(C)N(c2cccc(C(F)(F)F)c2)C(=O)N(S(=O)(=O)c2ccc(C)s2)[C@@H]1c1ccc(C#N)cc1S(C)(=O)=O. The predicted octanol–water partition coefficient (Wildman–Crippen LogP) is 5.87. The van der Waals surface area contributed by atoms with Gasteiger partial charge in [-0.15, -0.1) is 11.3 Å². The van der Waals surface area contributed by atoms with Crippen LogP contribution in [0.4, 0.5) is 23.7 Å². The van der Waals surface area contributed by atoms with E-state index >= 15 is 0 Å². The summed E-state index contributed by atoms with van der Waals surface area (Å²) in [5, 5.41) is 9.34. The van der Waals surface area contributed by atoms with Crippen molar-refractivity contribution < 1.29 is 34.8 Å². The van der Waals surface area contributed by atoms with E-state index in [1.54, 1.807) is 13.0 Å². The zero-order valence-corrected chi connectivity index (χ0v) is 23.9. The maximum atomic E-state index is 14.1. The highest BCUT2D eigenvalue weighted by Gasteiger charge is 2.49. The second-order valence-electron chi connectivity index (χ2n) is 8.95. The van der Waals surface area contributed by atoms with Gasteiger partial charge in [0.2, 0.25) is 5.70 Å². The largest absolute Gasteiger partial charge is 0.416 e. The van der Waals surface area contributed by atoms with Crippen molar-refractivity contribution in [3.8, 4) is 6.07 Å². The van der Waals surface area contributed by atoms with E-state index in [1.807, 2.05) is 0 Å². The standard InChI is InChI=1S/C26H19F3N4O5S3/c1-15-8-11-22(39-15)41(37,38)33-24(20-10-9-17(14-30)12-21(20)40(4,35)36)23(31-3)16(2)32(25(33)34)19-7-5-6-18(13-19)26(27,28)29/h5-13,24H,1-2,4H3/t24-/m1/s1. The molecular weight excluding hydrogens is 602 g/mol. The Morgan fingerprint density at radius 2 is 1.73 bits per heavy atom. The Kier molecular flexibility index (Phi) is 7.51. The zero-order valence-electron chi connectivity index (χ0n) is 21.5. The van der Waals surface area contributed by atoms with Crippen molar-refractivity contribution in [3.05, 3.63) is 99.0 Å². The molecule has 2 amide bonds. The van der Waals surface area contributed by atoms with Gasteiger partial charge in [-0.2, -0.15) is 18.4 Å². The lowest BCUT2D eigenvalue weighted by atomic mass is 9.98. The number of allylic oxidation sites excluding steroid dienone is 1. The van der Waals surface area contributed by atoms with Gasteiger partial charge in [-0.25, -0.2) is 30.8 Å². The molecule has 9 nitrogen and oxygen atoms in total. The minimum Gasteiger partial charge on any atom is -0.277 e. The molecule has 2 aromatic carbocycles. The zero-order chi connectivity index (χ0) is 30.5. The number of sulfonamides is 1. The van der Waals surface area contributed by atoms with Gasteiger partial charge in [0.25, 0.3) is 10.0 Å². The van der Waals surface area contributed by atoms with Crippen LogP contribution < -0.4 is 4.90 Å². The van der Waals surface area contributed by atoms with Gasteiger partial charge >= 0.3 is 12.2 Å². The van der Waals surface area contributed by atoms with E-state index in [-0.39, 0.29) is 26.7 Å². The highest BCUT2D eigenvalue weighted by molar-refractivity contribution is 7.92. The molecular formula is C26H19F3N4O5S3. The summed E-state index contributed by atoms with van der Waals surface area (Å²) in [6, 6.07) is 8.33. The number of rotatable bonds is 5. The first-order valence-electron chi connectivity index (χ1n) is 11.5. The number of carbonyl (C=O) groups is 1. The Balaban J connectivity index is 2.11. The number of aryl methyl sites for hydroxylation is 1. The molecule has 41 heavy (non-hydrogen) atoms. The normalized spacial score (nSPS) is 16.5. The number of alkyl halides is 3. The topological polar surface area (TPSA) is 120 Å². The molecule has 15 heteroatoms. The molecule has 0 N–H and O–H groups in total. The number of halogens is 3. The van der Waals surface area contributed by atoms with E-state index in [0.29, 0.717) is 20.1 Å². The lowest BCUT2D eigenvalue weighted by Crippen LogP contribution is -2.51. The molecule has 0 fully saturated rings. The van der Waals surface area contributed by atoms with Crippen LogP contribution >= 0.6 is 11.3 Å². The number of benzene rings is 2. The number of carbonyl (C=O) groups excluding carboxylic acids is 1. The molecule has 0 bridgehead atoms. The van der Waals surface area contributed by atoms with Crippen LogP contribution in [0.3, 0.4) is 0 Å². The number of thiophene rings is 1. The van der Waals surface area contributed by atoms with Crippen LogP contribution in [0.2, 0.25) is 0 Å². The van der Waals surface area contributed by atoms with Crippen LogP contribution in [0.15, 0.2) is 75.1 Å². The van der Waals surface area contributed by atoms with Gasteiger partial charge in [0.1, 0.15) is 10.3 Å². The third kappa shape index (κ3) is 5.31. The second kappa shape index (κ2) is 10.3. The minimum absolute atomic E-state index is 0.0738. The Bertz CT molecular complexity index is 1920. The second-order valence-corrected chi connectivity index (χ2v) is 14.3. The molecule has 0 spiro atoms. The van der Waals surface area contributed by atoms with Crippen LogP contribution in [0, 0.1) is 24.8 Å². The fourth-order valence-corrected chi connectivity index (χ4v) is 8.16. The molecule has 0 unspecified atom stereocenters. The molecule has 4 rings (SSSR count). The summed E-state index contributed by atoms with van der Waals surface area (Å²) in [5.74, 6) is 0. The van der Waals surface area contributed by atoms with Gasteiger partial charge < -0.3 is 0 Å². The first kappa shape index (κ1) is 29.8. The molecule has 3 aromatic rings. The third-order valence-electron chi connectivity index (χ3n) is 6.20. The van der Waals surface area contributed by atoms with E-state index in [1.165, 1.54) is 25.1 Å². The average Bonchev–Trinajstić information content (AvgIpc) is 3.34. The van der Waals surface area contributed by atoms with E-state index in [0.717, 1.165) is 47.9 Å². The van der Waals surface area contributed by atoms with E-state index in [9.17, 15) is 40.1 Å². The fourth-order valence-electron chi connectivity index (χ4n) is 4.36. The first-order valence-corrected chi connectivity index (χ1v) is 15.6. The molecule has 1 atom stereocenters. The van der Waals surface area contributed by atoms with Gasteiger partial charge in [-0.3, -0.25) is 4.90 Å². The van der Waals surface area contributed by atoms with Gasteiger partial charge in [0, 0.05) is 22.5 Å². The molecule has 212 valence electrons. The van der Waals surface area contributed by atoms with Gasteiger partial charge in [0.15, 0.2) is 9.84 Å². The first-order chi connectivity index (χ1) is 19.0. The van der Waals surface area contributed by atoms with Crippen molar-refractivity contribution in [2.75, 3.05) is 11.2 Å². The monoisotopic (exact) mass is 620 g/mol. The van der Waals surface area contributed by atoms with Crippen molar-refractivity contribution in [3.63, 3.8) is 0 Å². The summed E-state index contributed by atoms with van der Waals surface area (Å²) in [6.45, 7) is 10.8. The van der Waals surface area contributed by atoms with Crippen LogP contribution in [0.25, 0.3) is 4.85 Å². The maximum Gasteiger partial charge on any atom is 0.416 e. The fraction of sp³-hybridized carbons (Fsp3) is 0.192.